The second-order valence-corrected chi connectivity index (χ2v) is 7.89. The van der Waals surface area contributed by atoms with Crippen LogP contribution < -0.4 is 19.5 Å². The number of nitro benzene ring substituents is 1. The van der Waals surface area contributed by atoms with E-state index in [1.54, 1.807) is 39.5 Å². The first-order chi connectivity index (χ1) is 17.3. The van der Waals surface area contributed by atoms with Gasteiger partial charge in [0.15, 0.2) is 0 Å². The quantitative estimate of drug-likeness (QED) is 0.182. The Morgan fingerprint density at radius 3 is 2.44 bits per heavy atom. The molecular weight excluding hydrogens is 464 g/mol. The molecule has 3 aromatic carbocycles. The number of carbonyl (C=O) groups is 1. The molecule has 1 N–H and O–H groups in total. The minimum atomic E-state index is -0.517. The lowest BCUT2D eigenvalue weighted by atomic mass is 9.98. The summed E-state index contributed by atoms with van der Waals surface area (Å²) in [6, 6.07) is 14.9. The summed E-state index contributed by atoms with van der Waals surface area (Å²) in [5, 5.41) is 14.5. The lowest BCUT2D eigenvalue weighted by Gasteiger charge is -2.12. The number of fused-ring (bicyclic) bond motifs is 1. The summed E-state index contributed by atoms with van der Waals surface area (Å²) in [4.78, 5) is 23.2. The Morgan fingerprint density at radius 1 is 0.972 bits per heavy atom. The summed E-state index contributed by atoms with van der Waals surface area (Å²) >= 11 is 0. The van der Waals surface area contributed by atoms with E-state index in [2.05, 4.69) is 5.32 Å². The average Bonchev–Trinajstić information content (AvgIpc) is 3.30. The van der Waals surface area contributed by atoms with E-state index in [9.17, 15) is 14.9 Å². The van der Waals surface area contributed by atoms with Gasteiger partial charge in [0, 0.05) is 52.0 Å². The molecule has 0 saturated carbocycles. The first-order valence-electron chi connectivity index (χ1n) is 10.9. The highest BCUT2D eigenvalue weighted by Crippen LogP contribution is 2.41. The molecule has 1 aromatic heterocycles. The van der Waals surface area contributed by atoms with E-state index < -0.39 is 10.8 Å². The van der Waals surface area contributed by atoms with Gasteiger partial charge in [-0.05, 0) is 42.8 Å². The van der Waals surface area contributed by atoms with Gasteiger partial charge in [-0.3, -0.25) is 14.9 Å². The third kappa shape index (κ3) is 4.85. The molecular formula is C27H24N2O7. The van der Waals surface area contributed by atoms with Crippen LogP contribution in [0, 0.1) is 10.1 Å². The van der Waals surface area contributed by atoms with Gasteiger partial charge in [-0.15, -0.1) is 0 Å². The maximum atomic E-state index is 12.7. The number of hydrogen-bond acceptors (Lipinski definition) is 7. The monoisotopic (exact) mass is 488 g/mol. The van der Waals surface area contributed by atoms with E-state index in [4.69, 9.17) is 18.6 Å². The van der Waals surface area contributed by atoms with Gasteiger partial charge in [0.25, 0.3) is 5.69 Å². The van der Waals surface area contributed by atoms with Crippen LogP contribution in [0.3, 0.4) is 0 Å². The molecule has 0 aliphatic heterocycles. The van der Waals surface area contributed by atoms with Crippen molar-refractivity contribution in [1.82, 2.24) is 0 Å². The molecule has 0 aliphatic rings. The number of carbonyl (C=O) groups excluding carboxylic acids is 1. The van der Waals surface area contributed by atoms with E-state index in [1.165, 1.54) is 31.4 Å². The molecule has 0 bridgehead atoms. The number of methoxy groups -OCH3 is 3. The fourth-order valence-corrected chi connectivity index (χ4v) is 3.92. The van der Waals surface area contributed by atoms with Gasteiger partial charge in [0.05, 0.1) is 32.5 Å². The fraction of sp³-hybridized carbons (Fsp3) is 0.148. The van der Waals surface area contributed by atoms with Crippen LogP contribution in [0.15, 0.2) is 71.4 Å². The van der Waals surface area contributed by atoms with Crippen molar-refractivity contribution in [3.8, 4) is 28.4 Å². The molecule has 4 rings (SSSR count). The van der Waals surface area contributed by atoms with Crippen molar-refractivity contribution in [3.05, 3.63) is 82.6 Å². The number of non-ortho nitro benzene ring substituents is 1. The van der Waals surface area contributed by atoms with Crippen LogP contribution in [0.25, 0.3) is 27.7 Å². The number of ether oxygens (including phenoxy) is 3. The Hall–Kier alpha value is -4.79. The molecule has 0 aliphatic carbocycles. The van der Waals surface area contributed by atoms with Crippen LogP contribution in [0.5, 0.6) is 17.2 Å². The first-order valence-corrected chi connectivity index (χ1v) is 10.9. The Kier molecular flexibility index (Phi) is 6.91. The van der Waals surface area contributed by atoms with Gasteiger partial charge in [-0.2, -0.15) is 0 Å². The minimum Gasteiger partial charge on any atom is -0.497 e. The van der Waals surface area contributed by atoms with Gasteiger partial charge >= 0.3 is 0 Å². The van der Waals surface area contributed by atoms with Crippen molar-refractivity contribution >= 4 is 33.8 Å². The number of rotatable bonds is 8. The zero-order valence-electron chi connectivity index (χ0n) is 20.2. The number of amides is 1. The number of benzene rings is 3. The highest BCUT2D eigenvalue weighted by molar-refractivity contribution is 6.05. The van der Waals surface area contributed by atoms with Gasteiger partial charge in [0.1, 0.15) is 22.8 Å². The molecule has 9 heteroatoms. The largest absolute Gasteiger partial charge is 0.497 e. The molecule has 184 valence electrons. The molecule has 0 spiro atoms. The van der Waals surface area contributed by atoms with Crippen molar-refractivity contribution in [2.75, 3.05) is 26.6 Å². The number of nitro groups is 1. The van der Waals surface area contributed by atoms with Crippen molar-refractivity contribution in [3.63, 3.8) is 0 Å². The third-order valence-corrected chi connectivity index (χ3v) is 5.69. The standard InChI is InChI=1S/C27H24N2O7/c1-16(10-27(30)28-17-6-5-7-18(11-17)29(31)32)20-13-22-23(15-36-26(22)14-25(20)35-4)21-12-19(33-2)8-9-24(21)34-3/h5-15H,1-4H3,(H,28,30)/b16-10+. The highest BCUT2D eigenvalue weighted by atomic mass is 16.6. The third-order valence-electron chi connectivity index (χ3n) is 5.69. The van der Waals surface area contributed by atoms with E-state index >= 15 is 0 Å². The molecule has 0 atom stereocenters. The number of anilines is 1. The Bertz CT molecular complexity index is 1490. The predicted octanol–water partition coefficient (Wildman–Crippen LogP) is 6.08. The van der Waals surface area contributed by atoms with Crippen LogP contribution in [0.2, 0.25) is 0 Å². The molecule has 1 heterocycles. The number of hydrogen-bond donors (Lipinski definition) is 1. The summed E-state index contributed by atoms with van der Waals surface area (Å²) in [5.74, 6) is 1.41. The summed E-state index contributed by atoms with van der Waals surface area (Å²) in [6.07, 6.45) is 3.05. The number of nitrogens with one attached hydrogen (secondary N) is 1. The lowest BCUT2D eigenvalue weighted by molar-refractivity contribution is -0.384. The van der Waals surface area contributed by atoms with E-state index in [0.29, 0.717) is 39.7 Å². The fourth-order valence-electron chi connectivity index (χ4n) is 3.92. The highest BCUT2D eigenvalue weighted by Gasteiger charge is 2.18. The predicted molar refractivity (Wildman–Crippen MR) is 137 cm³/mol. The molecule has 9 nitrogen and oxygen atoms in total. The Morgan fingerprint density at radius 2 is 1.75 bits per heavy atom. The summed E-state index contributed by atoms with van der Waals surface area (Å²) in [5.41, 5.74) is 3.70. The zero-order chi connectivity index (χ0) is 25.8. The Balaban J connectivity index is 1.73. The molecule has 0 fully saturated rings. The summed E-state index contributed by atoms with van der Waals surface area (Å²) in [6.45, 7) is 1.78. The number of allylic oxidation sites excluding steroid dienone is 1. The van der Waals surface area contributed by atoms with Crippen LogP contribution in [-0.2, 0) is 4.79 Å². The van der Waals surface area contributed by atoms with Crippen molar-refractivity contribution in [1.29, 1.82) is 0 Å². The van der Waals surface area contributed by atoms with Crippen molar-refractivity contribution in [2.45, 2.75) is 6.92 Å². The van der Waals surface area contributed by atoms with Crippen molar-refractivity contribution in [2.24, 2.45) is 0 Å². The molecule has 4 aromatic rings. The van der Waals surface area contributed by atoms with Crippen LogP contribution in [0.4, 0.5) is 11.4 Å². The first kappa shape index (κ1) is 24.3. The molecule has 0 radical (unpaired) electrons. The van der Waals surface area contributed by atoms with Crippen molar-refractivity contribution < 1.29 is 28.3 Å². The number of nitrogens with zero attached hydrogens (tertiary/aromatic N) is 1. The summed E-state index contributed by atoms with van der Waals surface area (Å²) < 4.78 is 22.3. The maximum Gasteiger partial charge on any atom is 0.271 e. The maximum absolute atomic E-state index is 12.7. The molecule has 0 saturated heterocycles. The lowest BCUT2D eigenvalue weighted by Crippen LogP contribution is -2.09. The molecule has 1 amide bonds. The van der Waals surface area contributed by atoms with Crippen LogP contribution in [-0.4, -0.2) is 32.2 Å². The molecule has 36 heavy (non-hydrogen) atoms. The SMILES string of the molecule is COc1ccc(OC)c(-c2coc3cc(OC)c(/C(C)=C/C(=O)Nc4cccc([N+](=O)[O-])c4)cc23)c1. The second kappa shape index (κ2) is 10.2. The number of furan rings is 1. The zero-order valence-corrected chi connectivity index (χ0v) is 20.2. The van der Waals surface area contributed by atoms with Gasteiger partial charge in [-0.25, -0.2) is 0 Å². The normalized spacial score (nSPS) is 11.3. The van der Waals surface area contributed by atoms with Gasteiger partial charge < -0.3 is 23.9 Å². The average molecular weight is 488 g/mol. The van der Waals surface area contributed by atoms with E-state index in [0.717, 1.165) is 16.5 Å². The van der Waals surface area contributed by atoms with Gasteiger partial charge in [-0.1, -0.05) is 6.07 Å². The Labute approximate surface area is 207 Å². The van der Waals surface area contributed by atoms with Gasteiger partial charge in [0.2, 0.25) is 5.91 Å². The second-order valence-electron chi connectivity index (χ2n) is 7.89. The summed E-state index contributed by atoms with van der Waals surface area (Å²) in [7, 11) is 4.72. The molecule has 0 unspecified atom stereocenters. The topological polar surface area (TPSA) is 113 Å². The smallest absolute Gasteiger partial charge is 0.271 e. The van der Waals surface area contributed by atoms with Crippen LogP contribution >= 0.6 is 0 Å². The minimum absolute atomic E-state index is 0.110. The van der Waals surface area contributed by atoms with Crippen LogP contribution in [0.1, 0.15) is 12.5 Å². The van der Waals surface area contributed by atoms with E-state index in [1.807, 2.05) is 24.3 Å². The van der Waals surface area contributed by atoms with E-state index in [-0.39, 0.29) is 5.69 Å².